The summed E-state index contributed by atoms with van der Waals surface area (Å²) in [7, 11) is 5.39. The summed E-state index contributed by atoms with van der Waals surface area (Å²) in [6.45, 7) is 0.997. The predicted molar refractivity (Wildman–Crippen MR) is 81.0 cm³/mol. The molecule has 112 valence electrons. The van der Waals surface area contributed by atoms with Crippen molar-refractivity contribution in [3.63, 3.8) is 0 Å². The molecule has 0 bridgehead atoms. The van der Waals surface area contributed by atoms with Crippen LogP contribution in [0.5, 0.6) is 11.5 Å². The highest BCUT2D eigenvalue weighted by Crippen LogP contribution is 2.46. The molecular weight excluding hydrogens is 266 g/mol. The van der Waals surface area contributed by atoms with Crippen molar-refractivity contribution in [3.8, 4) is 11.5 Å². The molecule has 1 aromatic rings. The smallest absolute Gasteiger partial charge is 0.161 e. The average molecular weight is 287 g/mol. The van der Waals surface area contributed by atoms with E-state index in [0.717, 1.165) is 24.5 Å². The van der Waals surface area contributed by atoms with Crippen LogP contribution in [0, 0.1) is 0 Å². The first-order chi connectivity index (χ1) is 10.1. The number of rotatable bonds is 3. The van der Waals surface area contributed by atoms with Crippen LogP contribution >= 0.6 is 0 Å². The third-order valence-corrected chi connectivity index (χ3v) is 4.89. The number of fused-ring (bicyclic) bond motifs is 1. The van der Waals surface area contributed by atoms with E-state index in [0.29, 0.717) is 6.42 Å². The lowest BCUT2D eigenvalue weighted by Gasteiger charge is -2.37. The highest BCUT2D eigenvalue weighted by Gasteiger charge is 2.48. The highest BCUT2D eigenvalue weighted by atomic mass is 16.5. The van der Waals surface area contributed by atoms with Gasteiger partial charge in [0.05, 0.1) is 14.2 Å². The van der Waals surface area contributed by atoms with E-state index in [9.17, 15) is 4.79 Å². The molecule has 2 atom stereocenters. The molecule has 1 saturated heterocycles. The zero-order chi connectivity index (χ0) is 15.0. The number of hydrogen-bond acceptors (Lipinski definition) is 4. The van der Waals surface area contributed by atoms with Gasteiger partial charge in [0.25, 0.3) is 0 Å². The molecule has 0 unspecified atom stereocenters. The third-order valence-electron chi connectivity index (χ3n) is 4.89. The van der Waals surface area contributed by atoms with Crippen LogP contribution in [0.4, 0.5) is 0 Å². The monoisotopic (exact) mass is 287 g/mol. The summed E-state index contributed by atoms with van der Waals surface area (Å²) in [4.78, 5) is 14.1. The fraction of sp³-hybridized carbons (Fsp3) is 0.471. The zero-order valence-electron chi connectivity index (χ0n) is 12.8. The van der Waals surface area contributed by atoms with Crippen LogP contribution in [-0.4, -0.2) is 44.5 Å². The summed E-state index contributed by atoms with van der Waals surface area (Å²) in [6, 6.07) is 6.31. The fourth-order valence-corrected chi connectivity index (χ4v) is 3.67. The second kappa shape index (κ2) is 5.19. The lowest BCUT2D eigenvalue weighted by Crippen LogP contribution is -2.43. The Bertz CT molecular complexity index is 596. The predicted octanol–water partition coefficient (Wildman–Crippen LogP) is 2.17. The van der Waals surface area contributed by atoms with Gasteiger partial charge in [-0.05, 0) is 43.8 Å². The number of hydrogen-bond donors (Lipinski definition) is 0. The molecule has 0 N–H and O–H groups in total. The largest absolute Gasteiger partial charge is 0.493 e. The molecule has 2 aliphatic rings. The van der Waals surface area contributed by atoms with Crippen molar-refractivity contribution in [3.05, 3.63) is 35.9 Å². The summed E-state index contributed by atoms with van der Waals surface area (Å²) in [6.07, 6.45) is 5.44. The minimum atomic E-state index is -0.0950. The molecular formula is C17H21NO3. The van der Waals surface area contributed by atoms with Crippen molar-refractivity contribution >= 4 is 5.78 Å². The Kier molecular flexibility index (Phi) is 3.49. The maximum absolute atomic E-state index is 11.8. The molecule has 0 amide bonds. The Balaban J connectivity index is 2.09. The topological polar surface area (TPSA) is 38.8 Å². The van der Waals surface area contributed by atoms with Crippen molar-refractivity contribution in [2.45, 2.75) is 24.3 Å². The lowest BCUT2D eigenvalue weighted by atomic mass is 9.69. The van der Waals surface area contributed by atoms with Gasteiger partial charge in [-0.15, -0.1) is 0 Å². The Morgan fingerprint density at radius 2 is 2.00 bits per heavy atom. The molecule has 4 heteroatoms. The average Bonchev–Trinajstić information content (AvgIpc) is 2.85. The van der Waals surface area contributed by atoms with Crippen LogP contribution in [-0.2, 0) is 10.2 Å². The summed E-state index contributed by atoms with van der Waals surface area (Å²) in [5.41, 5.74) is 1.10. The standard InChI is InChI=1S/C17H21NO3/c1-18-9-8-17(7-6-13(19)11-16(17)18)12-4-5-14(20-2)15(10-12)21-3/h4-7,10,16H,8-9,11H2,1-3H3/t16-,17-/m1/s1. The number of allylic oxidation sites excluding steroid dienone is 1. The second-order valence-electron chi connectivity index (χ2n) is 5.86. The first-order valence-corrected chi connectivity index (χ1v) is 7.25. The third kappa shape index (κ3) is 2.14. The number of ketones is 1. The van der Waals surface area contributed by atoms with Crippen molar-refractivity contribution in [2.24, 2.45) is 0 Å². The molecule has 1 aliphatic carbocycles. The number of carbonyl (C=O) groups excluding carboxylic acids is 1. The van der Waals surface area contributed by atoms with Crippen molar-refractivity contribution in [2.75, 3.05) is 27.8 Å². The maximum atomic E-state index is 11.8. The number of ether oxygens (including phenoxy) is 2. The molecule has 21 heavy (non-hydrogen) atoms. The van der Waals surface area contributed by atoms with Crippen LogP contribution in [0.25, 0.3) is 0 Å². The Labute approximate surface area is 125 Å². The Hall–Kier alpha value is -1.81. The SMILES string of the molecule is COc1ccc([C@]23C=CC(=O)C[C@H]2N(C)CC3)cc1OC. The molecule has 0 radical (unpaired) electrons. The molecule has 1 fully saturated rings. The summed E-state index contributed by atoms with van der Waals surface area (Å²) < 4.78 is 10.7. The van der Waals surface area contributed by atoms with Crippen LogP contribution in [0.3, 0.4) is 0 Å². The van der Waals surface area contributed by atoms with E-state index >= 15 is 0 Å². The molecule has 1 heterocycles. The van der Waals surface area contributed by atoms with Gasteiger partial charge in [0, 0.05) is 17.9 Å². The summed E-state index contributed by atoms with van der Waals surface area (Å²) in [5.74, 6) is 1.68. The van der Waals surface area contributed by atoms with Gasteiger partial charge in [-0.3, -0.25) is 4.79 Å². The number of methoxy groups -OCH3 is 2. The second-order valence-corrected chi connectivity index (χ2v) is 5.86. The van der Waals surface area contributed by atoms with Crippen LogP contribution < -0.4 is 9.47 Å². The van der Waals surface area contributed by atoms with Crippen LogP contribution in [0.15, 0.2) is 30.4 Å². The van der Waals surface area contributed by atoms with E-state index in [2.05, 4.69) is 24.1 Å². The quantitative estimate of drug-likeness (QED) is 0.854. The Morgan fingerprint density at radius 1 is 1.24 bits per heavy atom. The first kappa shape index (κ1) is 14.1. The number of benzene rings is 1. The van der Waals surface area contributed by atoms with Crippen LogP contribution in [0.1, 0.15) is 18.4 Å². The minimum absolute atomic E-state index is 0.0950. The molecule has 1 aromatic carbocycles. The fourth-order valence-electron chi connectivity index (χ4n) is 3.67. The highest BCUT2D eigenvalue weighted by molar-refractivity contribution is 5.92. The Morgan fingerprint density at radius 3 is 2.71 bits per heavy atom. The van der Waals surface area contributed by atoms with Gasteiger partial charge in [-0.2, -0.15) is 0 Å². The summed E-state index contributed by atoms with van der Waals surface area (Å²) >= 11 is 0. The van der Waals surface area contributed by atoms with Crippen molar-refractivity contribution in [1.82, 2.24) is 4.90 Å². The van der Waals surface area contributed by atoms with Gasteiger partial charge >= 0.3 is 0 Å². The van der Waals surface area contributed by atoms with Gasteiger partial charge < -0.3 is 14.4 Å². The van der Waals surface area contributed by atoms with Gasteiger partial charge in [0.2, 0.25) is 0 Å². The zero-order valence-corrected chi connectivity index (χ0v) is 12.8. The van der Waals surface area contributed by atoms with Crippen molar-refractivity contribution in [1.29, 1.82) is 0 Å². The molecule has 0 saturated carbocycles. The molecule has 4 nitrogen and oxygen atoms in total. The normalized spacial score (nSPS) is 28.5. The lowest BCUT2D eigenvalue weighted by molar-refractivity contribution is -0.116. The number of nitrogens with zero attached hydrogens (tertiary/aromatic N) is 1. The molecule has 0 spiro atoms. The van der Waals surface area contributed by atoms with E-state index in [1.165, 1.54) is 5.56 Å². The van der Waals surface area contributed by atoms with E-state index in [-0.39, 0.29) is 17.2 Å². The van der Waals surface area contributed by atoms with Gasteiger partial charge in [-0.25, -0.2) is 0 Å². The first-order valence-electron chi connectivity index (χ1n) is 7.25. The molecule has 0 aromatic heterocycles. The van der Waals surface area contributed by atoms with E-state index in [4.69, 9.17) is 9.47 Å². The van der Waals surface area contributed by atoms with Gasteiger partial charge in [0.15, 0.2) is 17.3 Å². The number of likely N-dealkylation sites (tertiary alicyclic amines) is 1. The van der Waals surface area contributed by atoms with E-state index in [1.54, 1.807) is 20.3 Å². The number of carbonyl (C=O) groups is 1. The van der Waals surface area contributed by atoms with Crippen LogP contribution in [0.2, 0.25) is 0 Å². The number of likely N-dealkylation sites (N-methyl/N-ethyl adjacent to an activating group) is 1. The summed E-state index contributed by atoms with van der Waals surface area (Å²) in [5, 5.41) is 0. The maximum Gasteiger partial charge on any atom is 0.161 e. The van der Waals surface area contributed by atoms with Crippen molar-refractivity contribution < 1.29 is 14.3 Å². The van der Waals surface area contributed by atoms with E-state index in [1.807, 2.05) is 12.1 Å². The molecule has 1 aliphatic heterocycles. The molecule has 3 rings (SSSR count). The minimum Gasteiger partial charge on any atom is -0.493 e. The van der Waals surface area contributed by atoms with E-state index < -0.39 is 0 Å². The van der Waals surface area contributed by atoms with Gasteiger partial charge in [0.1, 0.15) is 0 Å². The van der Waals surface area contributed by atoms with Gasteiger partial charge in [-0.1, -0.05) is 12.1 Å².